The first-order valence-electron chi connectivity index (χ1n) is 9.48. The Morgan fingerprint density at radius 1 is 1.18 bits per heavy atom. The van der Waals surface area contributed by atoms with Crippen LogP contribution in [0.3, 0.4) is 0 Å². The first-order valence-corrected chi connectivity index (χ1v) is 9.86. The number of halogens is 1. The van der Waals surface area contributed by atoms with Crippen LogP contribution in [0.2, 0.25) is 5.02 Å². The molecule has 5 nitrogen and oxygen atoms in total. The van der Waals surface area contributed by atoms with Crippen molar-refractivity contribution in [3.8, 4) is 0 Å². The zero-order valence-corrected chi connectivity index (χ0v) is 16.4. The second-order valence-electron chi connectivity index (χ2n) is 7.21. The molecule has 0 radical (unpaired) electrons. The normalized spacial score (nSPS) is 13.9. The molecule has 1 aliphatic carbocycles. The van der Waals surface area contributed by atoms with E-state index in [1.807, 2.05) is 49.4 Å². The molecule has 1 unspecified atom stereocenters. The van der Waals surface area contributed by atoms with Crippen LogP contribution in [0.15, 0.2) is 47.3 Å². The van der Waals surface area contributed by atoms with Gasteiger partial charge < -0.3 is 15.6 Å². The molecule has 0 fully saturated rings. The number of benzene rings is 2. The maximum absolute atomic E-state index is 12.4. The Bertz CT molecular complexity index is 1110. The van der Waals surface area contributed by atoms with Crippen LogP contribution in [-0.2, 0) is 19.4 Å². The van der Waals surface area contributed by atoms with Gasteiger partial charge >= 0.3 is 6.03 Å². The van der Waals surface area contributed by atoms with Crippen molar-refractivity contribution in [3.63, 3.8) is 0 Å². The molecule has 0 bridgehead atoms. The van der Waals surface area contributed by atoms with E-state index in [-0.39, 0.29) is 24.2 Å². The SMILES string of the molecule is CC(NC(=O)NCc1cc2c([nH]c1=O)CCC2)c1ccc(Cl)c2ccccc12. The number of urea groups is 1. The minimum Gasteiger partial charge on any atom is -0.334 e. The molecular formula is C22H22ClN3O2. The van der Waals surface area contributed by atoms with Gasteiger partial charge in [-0.1, -0.05) is 41.9 Å². The highest BCUT2D eigenvalue weighted by atomic mass is 35.5. The fraction of sp³-hybridized carbons (Fsp3) is 0.273. The Labute approximate surface area is 168 Å². The van der Waals surface area contributed by atoms with Crippen LogP contribution < -0.4 is 16.2 Å². The van der Waals surface area contributed by atoms with Gasteiger partial charge in [0.2, 0.25) is 0 Å². The molecule has 3 aromatic rings. The van der Waals surface area contributed by atoms with Crippen LogP contribution in [0.4, 0.5) is 4.79 Å². The van der Waals surface area contributed by atoms with E-state index in [2.05, 4.69) is 15.6 Å². The standard InChI is InChI=1S/C22H22ClN3O2/c1-13(16-9-10-19(23)18-7-3-2-6-17(16)18)25-22(28)24-12-15-11-14-5-4-8-20(14)26-21(15)27/h2-3,6-7,9-11,13H,4-5,8,12H2,1H3,(H,26,27)(H2,24,25,28). The van der Waals surface area contributed by atoms with Crippen molar-refractivity contribution in [1.82, 2.24) is 15.6 Å². The Morgan fingerprint density at radius 3 is 2.79 bits per heavy atom. The third-order valence-corrected chi connectivity index (χ3v) is 5.65. The van der Waals surface area contributed by atoms with Crippen LogP contribution in [0.25, 0.3) is 10.8 Å². The predicted octanol–water partition coefficient (Wildman–Crippen LogP) is 4.23. The Balaban J connectivity index is 1.45. The van der Waals surface area contributed by atoms with Gasteiger partial charge in [0.25, 0.3) is 5.56 Å². The number of nitrogens with one attached hydrogen (secondary N) is 3. The number of carbonyl (C=O) groups excluding carboxylic acids is 1. The highest BCUT2D eigenvalue weighted by Crippen LogP contribution is 2.29. The number of carbonyl (C=O) groups is 1. The second-order valence-corrected chi connectivity index (χ2v) is 7.62. The number of H-pyrrole nitrogens is 1. The van der Waals surface area contributed by atoms with Crippen LogP contribution in [0.5, 0.6) is 0 Å². The summed E-state index contributed by atoms with van der Waals surface area (Å²) < 4.78 is 0. The van der Waals surface area contributed by atoms with Gasteiger partial charge in [-0.15, -0.1) is 0 Å². The molecule has 28 heavy (non-hydrogen) atoms. The number of pyridine rings is 1. The highest BCUT2D eigenvalue weighted by molar-refractivity contribution is 6.35. The fourth-order valence-electron chi connectivity index (χ4n) is 3.86. The van der Waals surface area contributed by atoms with Gasteiger partial charge in [-0.05, 0) is 54.8 Å². The first-order chi connectivity index (χ1) is 13.5. The van der Waals surface area contributed by atoms with Crippen molar-refractivity contribution < 1.29 is 4.79 Å². The summed E-state index contributed by atoms with van der Waals surface area (Å²) >= 11 is 6.28. The number of aromatic amines is 1. The van der Waals surface area contributed by atoms with Crippen LogP contribution in [-0.4, -0.2) is 11.0 Å². The van der Waals surface area contributed by atoms with E-state index in [1.54, 1.807) is 0 Å². The molecule has 0 aliphatic heterocycles. The van der Waals surface area contributed by atoms with Gasteiger partial charge in [0.15, 0.2) is 0 Å². The number of hydrogen-bond donors (Lipinski definition) is 3. The van der Waals surface area contributed by atoms with Crippen molar-refractivity contribution >= 4 is 28.4 Å². The largest absolute Gasteiger partial charge is 0.334 e. The number of amides is 2. The van der Waals surface area contributed by atoms with Crippen LogP contribution >= 0.6 is 11.6 Å². The zero-order chi connectivity index (χ0) is 19.7. The van der Waals surface area contributed by atoms with E-state index in [0.717, 1.165) is 41.3 Å². The molecule has 0 saturated carbocycles. The number of aryl methyl sites for hydroxylation is 2. The quantitative estimate of drug-likeness (QED) is 0.618. The molecule has 2 aromatic carbocycles. The molecule has 1 atom stereocenters. The highest BCUT2D eigenvalue weighted by Gasteiger charge is 2.16. The summed E-state index contributed by atoms with van der Waals surface area (Å²) in [6.07, 6.45) is 2.96. The van der Waals surface area contributed by atoms with Crippen molar-refractivity contribution in [2.24, 2.45) is 0 Å². The van der Waals surface area contributed by atoms with Crippen molar-refractivity contribution in [2.75, 3.05) is 0 Å². The lowest BCUT2D eigenvalue weighted by molar-refractivity contribution is 0.237. The van der Waals surface area contributed by atoms with Gasteiger partial charge in [-0.2, -0.15) is 0 Å². The molecule has 6 heteroatoms. The summed E-state index contributed by atoms with van der Waals surface area (Å²) in [6.45, 7) is 2.12. The minimum atomic E-state index is -0.313. The number of aromatic nitrogens is 1. The topological polar surface area (TPSA) is 74.0 Å². The molecule has 1 heterocycles. The lowest BCUT2D eigenvalue weighted by atomic mass is 10.00. The predicted molar refractivity (Wildman–Crippen MR) is 112 cm³/mol. The fourth-order valence-corrected chi connectivity index (χ4v) is 4.09. The first kappa shape index (κ1) is 18.6. The molecular weight excluding hydrogens is 374 g/mol. The third-order valence-electron chi connectivity index (χ3n) is 5.32. The average molecular weight is 396 g/mol. The van der Waals surface area contributed by atoms with E-state index in [0.29, 0.717) is 10.6 Å². The van der Waals surface area contributed by atoms with Gasteiger partial charge in [-0.3, -0.25) is 4.79 Å². The lowest BCUT2D eigenvalue weighted by Crippen LogP contribution is -2.37. The number of fused-ring (bicyclic) bond motifs is 2. The Hall–Kier alpha value is -2.79. The summed E-state index contributed by atoms with van der Waals surface area (Å²) in [7, 11) is 0. The van der Waals surface area contributed by atoms with Crippen molar-refractivity contribution in [2.45, 2.75) is 38.8 Å². The number of rotatable bonds is 4. The van der Waals surface area contributed by atoms with Crippen molar-refractivity contribution in [1.29, 1.82) is 0 Å². The van der Waals surface area contributed by atoms with Gasteiger partial charge in [0.1, 0.15) is 0 Å². The monoisotopic (exact) mass is 395 g/mol. The minimum absolute atomic E-state index is 0.127. The molecule has 1 aromatic heterocycles. The average Bonchev–Trinajstić information content (AvgIpc) is 3.13. The maximum atomic E-state index is 12.4. The molecule has 2 amide bonds. The summed E-state index contributed by atoms with van der Waals surface area (Å²) in [5.41, 5.74) is 3.66. The van der Waals surface area contributed by atoms with E-state index >= 15 is 0 Å². The Kier molecular flexibility index (Phi) is 5.09. The lowest BCUT2D eigenvalue weighted by Gasteiger charge is -2.18. The summed E-state index contributed by atoms with van der Waals surface area (Å²) in [6, 6.07) is 13.0. The van der Waals surface area contributed by atoms with Gasteiger partial charge in [0, 0.05) is 28.2 Å². The zero-order valence-electron chi connectivity index (χ0n) is 15.6. The molecule has 144 valence electrons. The summed E-state index contributed by atoms with van der Waals surface area (Å²) in [5.74, 6) is 0. The molecule has 0 spiro atoms. The smallest absolute Gasteiger partial charge is 0.315 e. The van der Waals surface area contributed by atoms with Crippen LogP contribution in [0.1, 0.15) is 41.8 Å². The Morgan fingerprint density at radius 2 is 1.96 bits per heavy atom. The second kappa shape index (κ2) is 7.68. The summed E-state index contributed by atoms with van der Waals surface area (Å²) in [4.78, 5) is 27.5. The van der Waals surface area contributed by atoms with Crippen molar-refractivity contribution in [3.05, 3.63) is 80.2 Å². The molecule has 1 aliphatic rings. The maximum Gasteiger partial charge on any atom is 0.315 e. The van der Waals surface area contributed by atoms with E-state index in [1.165, 1.54) is 5.56 Å². The van der Waals surface area contributed by atoms with Crippen LogP contribution in [0, 0.1) is 0 Å². The van der Waals surface area contributed by atoms with E-state index in [4.69, 9.17) is 11.6 Å². The van der Waals surface area contributed by atoms with E-state index < -0.39 is 0 Å². The van der Waals surface area contributed by atoms with E-state index in [9.17, 15) is 9.59 Å². The number of hydrogen-bond acceptors (Lipinski definition) is 2. The third kappa shape index (κ3) is 3.62. The molecule has 0 saturated heterocycles. The van der Waals surface area contributed by atoms with Gasteiger partial charge in [-0.25, -0.2) is 4.79 Å². The van der Waals surface area contributed by atoms with Gasteiger partial charge in [0.05, 0.1) is 6.04 Å². The molecule has 4 rings (SSSR count). The summed E-state index contributed by atoms with van der Waals surface area (Å²) in [5, 5.41) is 8.40. The molecule has 3 N–H and O–H groups in total.